The van der Waals surface area contributed by atoms with Crippen molar-refractivity contribution in [1.82, 2.24) is 9.80 Å². The number of carbonyl (C=O) groups is 4. The molecule has 0 aliphatic carbocycles. The molecule has 8 nitrogen and oxygen atoms in total. The Kier molecular flexibility index (Phi) is 6.64. The molecule has 2 aliphatic rings. The Morgan fingerprint density at radius 2 is 1.71 bits per heavy atom. The zero-order chi connectivity index (χ0) is 24.2. The van der Waals surface area contributed by atoms with Crippen LogP contribution in [-0.2, 0) is 9.53 Å². The number of likely N-dealkylation sites (tertiary alicyclic amines) is 1. The fourth-order valence-electron chi connectivity index (χ4n) is 4.20. The number of imide groups is 1. The van der Waals surface area contributed by atoms with Gasteiger partial charge in [-0.1, -0.05) is 24.0 Å². The zero-order valence-corrected chi connectivity index (χ0v) is 19.1. The highest BCUT2D eigenvalue weighted by Crippen LogP contribution is 2.23. The molecule has 0 saturated carbocycles. The topological polar surface area (TPSA) is 96.0 Å². The van der Waals surface area contributed by atoms with Crippen LogP contribution in [0.3, 0.4) is 0 Å². The second kappa shape index (κ2) is 9.79. The third kappa shape index (κ3) is 4.64. The molecule has 2 aliphatic heterocycles. The van der Waals surface area contributed by atoms with Gasteiger partial charge in [0, 0.05) is 37.3 Å². The van der Waals surface area contributed by atoms with Crippen LogP contribution in [0.2, 0.25) is 0 Å². The van der Waals surface area contributed by atoms with Gasteiger partial charge in [-0.15, -0.1) is 0 Å². The molecule has 0 atom stereocenters. The molecule has 174 valence electrons. The Morgan fingerprint density at radius 1 is 1.06 bits per heavy atom. The molecule has 1 saturated heterocycles. The number of hydrogen-bond acceptors (Lipinski definition) is 6. The summed E-state index contributed by atoms with van der Waals surface area (Å²) in [6.07, 6.45) is 1.64. The number of carbonyl (C=O) groups excluding carboxylic acids is 4. The number of benzene rings is 2. The van der Waals surface area contributed by atoms with Crippen LogP contribution in [0, 0.1) is 11.8 Å². The van der Waals surface area contributed by atoms with E-state index in [2.05, 4.69) is 17.2 Å². The van der Waals surface area contributed by atoms with E-state index in [0.29, 0.717) is 35.3 Å². The number of esters is 1. The minimum atomic E-state index is -0.522. The van der Waals surface area contributed by atoms with Crippen molar-refractivity contribution in [2.24, 2.45) is 0 Å². The van der Waals surface area contributed by atoms with E-state index in [0.717, 1.165) is 23.4 Å². The molecule has 34 heavy (non-hydrogen) atoms. The van der Waals surface area contributed by atoms with E-state index >= 15 is 0 Å². The predicted octanol–water partition coefficient (Wildman–Crippen LogP) is 2.54. The van der Waals surface area contributed by atoms with Crippen LogP contribution in [-0.4, -0.2) is 66.3 Å². The van der Waals surface area contributed by atoms with Gasteiger partial charge in [0.2, 0.25) is 5.91 Å². The summed E-state index contributed by atoms with van der Waals surface area (Å²) >= 11 is 0. The summed E-state index contributed by atoms with van der Waals surface area (Å²) in [6, 6.07) is 12.1. The highest BCUT2D eigenvalue weighted by atomic mass is 16.5. The lowest BCUT2D eigenvalue weighted by Gasteiger charge is -2.32. The third-order valence-electron chi connectivity index (χ3n) is 6.07. The van der Waals surface area contributed by atoms with Gasteiger partial charge in [0.25, 0.3) is 11.8 Å². The maximum absolute atomic E-state index is 12.5. The molecule has 2 aromatic rings. The van der Waals surface area contributed by atoms with Crippen LogP contribution in [0.1, 0.15) is 56.4 Å². The monoisotopic (exact) mass is 459 g/mol. The van der Waals surface area contributed by atoms with Gasteiger partial charge in [-0.2, -0.15) is 0 Å². The van der Waals surface area contributed by atoms with Crippen molar-refractivity contribution < 1.29 is 23.9 Å². The molecule has 0 aromatic heterocycles. The van der Waals surface area contributed by atoms with Gasteiger partial charge >= 0.3 is 5.97 Å². The van der Waals surface area contributed by atoms with Crippen LogP contribution >= 0.6 is 0 Å². The molecule has 2 heterocycles. The molecular weight excluding hydrogens is 434 g/mol. The Labute approximate surface area is 197 Å². The normalized spacial score (nSPS) is 15.5. The molecule has 2 aromatic carbocycles. The van der Waals surface area contributed by atoms with E-state index in [1.54, 1.807) is 49.4 Å². The maximum atomic E-state index is 12.5. The average Bonchev–Trinajstić information content (AvgIpc) is 3.09. The zero-order valence-electron chi connectivity index (χ0n) is 19.1. The largest absolute Gasteiger partial charge is 0.465 e. The van der Waals surface area contributed by atoms with Gasteiger partial charge in [-0.05, 0) is 43.2 Å². The quantitative estimate of drug-likeness (QED) is 0.429. The van der Waals surface area contributed by atoms with E-state index < -0.39 is 5.97 Å². The van der Waals surface area contributed by atoms with E-state index in [1.807, 2.05) is 4.90 Å². The SMILES string of the molecule is COC(=O)c1ccc(NC2CCN(C(C)=O)CC2)cc1C#CCN1C(=O)c2ccccc2C1=O. The standard InChI is InChI=1S/C26H25N3O5/c1-17(30)28-14-11-19(12-15-28)27-20-9-10-21(26(33)34-2)18(16-20)6-5-13-29-24(31)22-7-3-4-8-23(22)25(29)32/h3-4,7-10,16,19,27H,11-15H2,1-2H3. The summed E-state index contributed by atoms with van der Waals surface area (Å²) in [5.74, 6) is 4.60. The second-order valence-corrected chi connectivity index (χ2v) is 8.22. The summed E-state index contributed by atoms with van der Waals surface area (Å²) in [5.41, 5.74) is 2.26. The highest BCUT2D eigenvalue weighted by molar-refractivity contribution is 6.21. The number of anilines is 1. The molecule has 8 heteroatoms. The van der Waals surface area contributed by atoms with Gasteiger partial charge in [-0.3, -0.25) is 19.3 Å². The van der Waals surface area contributed by atoms with Crippen LogP contribution in [0.15, 0.2) is 42.5 Å². The van der Waals surface area contributed by atoms with E-state index in [9.17, 15) is 19.2 Å². The molecule has 0 spiro atoms. The first kappa shape index (κ1) is 23.1. The predicted molar refractivity (Wildman–Crippen MR) is 125 cm³/mol. The highest BCUT2D eigenvalue weighted by Gasteiger charge is 2.34. The molecule has 3 amide bonds. The van der Waals surface area contributed by atoms with Crippen molar-refractivity contribution in [3.63, 3.8) is 0 Å². The molecule has 0 radical (unpaired) electrons. The van der Waals surface area contributed by atoms with Crippen molar-refractivity contribution in [1.29, 1.82) is 0 Å². The smallest absolute Gasteiger partial charge is 0.339 e. The molecule has 1 fully saturated rings. The number of rotatable bonds is 4. The lowest BCUT2D eigenvalue weighted by Crippen LogP contribution is -2.41. The van der Waals surface area contributed by atoms with Crippen molar-refractivity contribution in [2.75, 3.05) is 32.1 Å². The number of hydrogen-bond donors (Lipinski definition) is 1. The number of nitrogens with zero attached hydrogens (tertiary/aromatic N) is 2. The fraction of sp³-hybridized carbons (Fsp3) is 0.308. The number of fused-ring (bicyclic) bond motifs is 1. The van der Waals surface area contributed by atoms with Gasteiger partial charge in [0.15, 0.2) is 0 Å². The summed E-state index contributed by atoms with van der Waals surface area (Å²) in [4.78, 5) is 51.8. The molecular formula is C26H25N3O5. The fourth-order valence-corrected chi connectivity index (χ4v) is 4.20. The van der Waals surface area contributed by atoms with Crippen molar-refractivity contribution >= 4 is 29.4 Å². The molecule has 0 bridgehead atoms. The number of amides is 3. The van der Waals surface area contributed by atoms with Crippen LogP contribution < -0.4 is 5.32 Å². The first-order valence-electron chi connectivity index (χ1n) is 11.1. The molecule has 0 unspecified atom stereocenters. The van der Waals surface area contributed by atoms with Gasteiger partial charge in [-0.25, -0.2) is 4.79 Å². The Morgan fingerprint density at radius 3 is 2.29 bits per heavy atom. The number of ether oxygens (including phenoxy) is 1. The van der Waals surface area contributed by atoms with E-state index in [-0.39, 0.29) is 30.3 Å². The molecule has 4 rings (SSSR count). The van der Waals surface area contributed by atoms with Crippen LogP contribution in [0.5, 0.6) is 0 Å². The minimum absolute atomic E-state index is 0.0801. The van der Waals surface area contributed by atoms with Crippen molar-refractivity contribution in [3.8, 4) is 11.8 Å². The summed E-state index contributed by atoms with van der Waals surface area (Å²) in [5, 5.41) is 3.45. The van der Waals surface area contributed by atoms with Gasteiger partial charge in [0.05, 0.1) is 30.3 Å². The lowest BCUT2D eigenvalue weighted by molar-refractivity contribution is -0.129. The van der Waals surface area contributed by atoms with Crippen LogP contribution in [0.4, 0.5) is 5.69 Å². The van der Waals surface area contributed by atoms with E-state index in [4.69, 9.17) is 4.74 Å². The first-order valence-corrected chi connectivity index (χ1v) is 11.1. The molecule has 1 N–H and O–H groups in total. The maximum Gasteiger partial charge on any atom is 0.339 e. The van der Waals surface area contributed by atoms with Crippen molar-refractivity contribution in [3.05, 3.63) is 64.7 Å². The second-order valence-electron chi connectivity index (χ2n) is 8.22. The minimum Gasteiger partial charge on any atom is -0.465 e. The summed E-state index contributed by atoms with van der Waals surface area (Å²) in [7, 11) is 1.30. The van der Waals surface area contributed by atoms with Gasteiger partial charge < -0.3 is 15.0 Å². The Balaban J connectivity index is 1.50. The van der Waals surface area contributed by atoms with Crippen LogP contribution in [0.25, 0.3) is 0 Å². The Bertz CT molecular complexity index is 1180. The number of piperidine rings is 1. The van der Waals surface area contributed by atoms with Gasteiger partial charge in [0.1, 0.15) is 0 Å². The van der Waals surface area contributed by atoms with Crippen molar-refractivity contribution in [2.45, 2.75) is 25.8 Å². The summed E-state index contributed by atoms with van der Waals surface area (Å²) < 4.78 is 4.87. The third-order valence-corrected chi connectivity index (χ3v) is 6.07. The number of methoxy groups -OCH3 is 1. The lowest BCUT2D eigenvalue weighted by atomic mass is 10.0. The summed E-state index contributed by atoms with van der Waals surface area (Å²) in [6.45, 7) is 2.88. The average molecular weight is 460 g/mol. The first-order chi connectivity index (χ1) is 16.4. The van der Waals surface area contributed by atoms with E-state index in [1.165, 1.54) is 7.11 Å². The Hall–Kier alpha value is -4.12. The number of nitrogens with one attached hydrogen (secondary N) is 1.